The van der Waals surface area contributed by atoms with Crippen molar-refractivity contribution in [1.82, 2.24) is 10.2 Å². The number of hydrogen-bond donors (Lipinski definition) is 1. The monoisotopic (exact) mass is 252 g/mol. The predicted molar refractivity (Wildman–Crippen MR) is 75.0 cm³/mol. The van der Waals surface area contributed by atoms with Gasteiger partial charge in [0.05, 0.1) is 0 Å². The van der Waals surface area contributed by atoms with Crippen molar-refractivity contribution in [3.05, 3.63) is 35.1 Å². The first-order valence-electron chi connectivity index (χ1n) is 6.74. The average Bonchev–Trinajstić information content (AvgIpc) is 2.35. The molecule has 0 amide bonds. The van der Waals surface area contributed by atoms with E-state index in [9.17, 15) is 4.39 Å². The molecule has 3 heteroatoms. The lowest BCUT2D eigenvalue weighted by Crippen LogP contribution is -2.30. The van der Waals surface area contributed by atoms with E-state index in [4.69, 9.17) is 0 Å². The maximum Gasteiger partial charge on any atom is 0.127 e. The lowest BCUT2D eigenvalue weighted by Gasteiger charge is -2.26. The normalized spacial score (nSPS) is 11.5. The van der Waals surface area contributed by atoms with Crippen molar-refractivity contribution >= 4 is 0 Å². The molecule has 0 saturated heterocycles. The van der Waals surface area contributed by atoms with Gasteiger partial charge in [0.25, 0.3) is 0 Å². The fraction of sp³-hybridized carbons (Fsp3) is 0.600. The fourth-order valence-corrected chi connectivity index (χ4v) is 2.37. The molecule has 0 aliphatic heterocycles. The number of hydrogen-bond acceptors (Lipinski definition) is 2. The van der Waals surface area contributed by atoms with Crippen LogP contribution in [0.5, 0.6) is 0 Å². The number of nitrogens with one attached hydrogen (secondary N) is 1. The van der Waals surface area contributed by atoms with Gasteiger partial charge in [-0.15, -0.1) is 0 Å². The van der Waals surface area contributed by atoms with E-state index in [0.29, 0.717) is 12.6 Å². The van der Waals surface area contributed by atoms with Crippen molar-refractivity contribution in [2.75, 3.05) is 14.1 Å². The van der Waals surface area contributed by atoms with Crippen molar-refractivity contribution < 1.29 is 4.39 Å². The van der Waals surface area contributed by atoms with Gasteiger partial charge in [-0.05, 0) is 38.6 Å². The molecule has 2 nitrogen and oxygen atoms in total. The third kappa shape index (κ3) is 4.07. The Morgan fingerprint density at radius 3 is 2.50 bits per heavy atom. The van der Waals surface area contributed by atoms with Gasteiger partial charge in [0.1, 0.15) is 5.82 Å². The van der Waals surface area contributed by atoms with E-state index in [1.54, 1.807) is 6.07 Å². The van der Waals surface area contributed by atoms with Crippen LogP contribution in [-0.4, -0.2) is 25.0 Å². The molecule has 0 radical (unpaired) electrons. The molecule has 0 aliphatic carbocycles. The summed E-state index contributed by atoms with van der Waals surface area (Å²) in [5.41, 5.74) is 1.92. The minimum Gasteiger partial charge on any atom is -0.316 e. The SMILES string of the molecule is CCC(CC)N(C)Cc1cc(CNC)ccc1F. The molecule has 0 spiro atoms. The second-order valence-electron chi connectivity index (χ2n) is 4.84. The summed E-state index contributed by atoms with van der Waals surface area (Å²) in [6.45, 7) is 5.81. The van der Waals surface area contributed by atoms with Crippen LogP contribution in [0.15, 0.2) is 18.2 Å². The van der Waals surface area contributed by atoms with Gasteiger partial charge >= 0.3 is 0 Å². The van der Waals surface area contributed by atoms with Crippen molar-refractivity contribution in [3.63, 3.8) is 0 Å². The Bertz CT molecular complexity index is 362. The van der Waals surface area contributed by atoms with E-state index in [1.165, 1.54) is 0 Å². The Kier molecular flexibility index (Phi) is 6.30. The summed E-state index contributed by atoms with van der Waals surface area (Å²) in [7, 11) is 3.97. The van der Waals surface area contributed by atoms with Gasteiger partial charge in [0.15, 0.2) is 0 Å². The highest BCUT2D eigenvalue weighted by Crippen LogP contribution is 2.16. The van der Waals surface area contributed by atoms with Crippen LogP contribution >= 0.6 is 0 Å². The van der Waals surface area contributed by atoms with Crippen LogP contribution in [0.1, 0.15) is 37.8 Å². The summed E-state index contributed by atoms with van der Waals surface area (Å²) in [5.74, 6) is -0.104. The summed E-state index contributed by atoms with van der Waals surface area (Å²) in [6, 6.07) is 5.90. The molecule has 1 aromatic carbocycles. The Labute approximate surface area is 110 Å². The first-order chi connectivity index (χ1) is 8.62. The molecule has 0 saturated carbocycles. The van der Waals surface area contributed by atoms with E-state index >= 15 is 0 Å². The molecule has 0 bridgehead atoms. The Morgan fingerprint density at radius 1 is 1.28 bits per heavy atom. The van der Waals surface area contributed by atoms with Crippen LogP contribution < -0.4 is 5.32 Å². The predicted octanol–water partition coefficient (Wildman–Crippen LogP) is 3.17. The highest BCUT2D eigenvalue weighted by atomic mass is 19.1. The third-order valence-electron chi connectivity index (χ3n) is 3.48. The molecular weight excluding hydrogens is 227 g/mol. The maximum absolute atomic E-state index is 13.8. The van der Waals surface area contributed by atoms with Gasteiger partial charge in [0.2, 0.25) is 0 Å². The summed E-state index contributed by atoms with van der Waals surface area (Å²) in [4.78, 5) is 2.24. The minimum atomic E-state index is -0.104. The highest BCUT2D eigenvalue weighted by Gasteiger charge is 2.13. The van der Waals surface area contributed by atoms with Crippen molar-refractivity contribution in [2.24, 2.45) is 0 Å². The Morgan fingerprint density at radius 2 is 1.94 bits per heavy atom. The average molecular weight is 252 g/mol. The fourth-order valence-electron chi connectivity index (χ4n) is 2.37. The summed E-state index contributed by atoms with van der Waals surface area (Å²) in [5, 5.41) is 3.09. The molecule has 0 atom stereocenters. The van der Waals surface area contributed by atoms with Crippen LogP contribution in [0.3, 0.4) is 0 Å². The lowest BCUT2D eigenvalue weighted by atomic mass is 10.1. The zero-order chi connectivity index (χ0) is 13.5. The first-order valence-corrected chi connectivity index (χ1v) is 6.74. The van der Waals surface area contributed by atoms with Gasteiger partial charge in [-0.2, -0.15) is 0 Å². The van der Waals surface area contributed by atoms with Crippen molar-refractivity contribution in [1.29, 1.82) is 0 Å². The molecule has 1 rings (SSSR count). The Balaban J connectivity index is 2.79. The smallest absolute Gasteiger partial charge is 0.127 e. The number of nitrogens with zero attached hydrogens (tertiary/aromatic N) is 1. The quantitative estimate of drug-likeness (QED) is 0.802. The molecule has 18 heavy (non-hydrogen) atoms. The van der Waals surface area contributed by atoms with E-state index in [-0.39, 0.29) is 5.82 Å². The van der Waals surface area contributed by atoms with Gasteiger partial charge < -0.3 is 5.32 Å². The lowest BCUT2D eigenvalue weighted by molar-refractivity contribution is 0.219. The Hall–Kier alpha value is -0.930. The highest BCUT2D eigenvalue weighted by molar-refractivity contribution is 5.25. The molecule has 1 aromatic rings. The second kappa shape index (κ2) is 7.49. The summed E-state index contributed by atoms with van der Waals surface area (Å²) < 4.78 is 13.8. The van der Waals surface area contributed by atoms with Gasteiger partial charge in [-0.3, -0.25) is 4.90 Å². The zero-order valence-corrected chi connectivity index (χ0v) is 12.0. The topological polar surface area (TPSA) is 15.3 Å². The number of benzene rings is 1. The summed E-state index contributed by atoms with van der Waals surface area (Å²) in [6.07, 6.45) is 2.20. The molecule has 102 valence electrons. The van der Waals surface area contributed by atoms with Gasteiger partial charge in [0, 0.05) is 24.7 Å². The second-order valence-corrected chi connectivity index (χ2v) is 4.84. The van der Waals surface area contributed by atoms with Gasteiger partial charge in [-0.1, -0.05) is 26.0 Å². The van der Waals surface area contributed by atoms with Crippen LogP contribution in [0, 0.1) is 5.82 Å². The summed E-state index contributed by atoms with van der Waals surface area (Å²) >= 11 is 0. The van der Waals surface area contributed by atoms with Crippen LogP contribution in [0.2, 0.25) is 0 Å². The van der Waals surface area contributed by atoms with Crippen LogP contribution in [0.25, 0.3) is 0 Å². The van der Waals surface area contributed by atoms with E-state index in [0.717, 1.165) is 30.5 Å². The first kappa shape index (κ1) is 15.1. The van der Waals surface area contributed by atoms with E-state index in [2.05, 4.69) is 31.1 Å². The standard InChI is InChI=1S/C15H25FN2/c1-5-14(6-2)18(4)11-13-9-12(10-17-3)7-8-15(13)16/h7-9,14,17H,5-6,10-11H2,1-4H3. The zero-order valence-electron chi connectivity index (χ0n) is 12.0. The van der Waals surface area contributed by atoms with Crippen molar-refractivity contribution in [2.45, 2.75) is 45.8 Å². The third-order valence-corrected chi connectivity index (χ3v) is 3.48. The maximum atomic E-state index is 13.8. The van der Waals surface area contributed by atoms with Crippen LogP contribution in [0.4, 0.5) is 4.39 Å². The molecule has 0 aromatic heterocycles. The molecule has 0 heterocycles. The van der Waals surface area contributed by atoms with Crippen molar-refractivity contribution in [3.8, 4) is 0 Å². The molecule has 0 fully saturated rings. The molecule has 1 N–H and O–H groups in total. The largest absolute Gasteiger partial charge is 0.316 e. The molecule has 0 aliphatic rings. The van der Waals surface area contributed by atoms with E-state index < -0.39 is 0 Å². The molecule has 0 unspecified atom stereocenters. The number of halogens is 1. The van der Waals surface area contributed by atoms with Crippen LogP contribution in [-0.2, 0) is 13.1 Å². The van der Waals surface area contributed by atoms with Gasteiger partial charge in [-0.25, -0.2) is 4.39 Å². The molecular formula is C15H25FN2. The van der Waals surface area contributed by atoms with E-state index in [1.807, 2.05) is 19.2 Å². The number of rotatable bonds is 7. The minimum absolute atomic E-state index is 0.104.